The lowest BCUT2D eigenvalue weighted by atomic mass is 10.2. The number of hydrogen-bond donors (Lipinski definition) is 0. The van der Waals surface area contributed by atoms with E-state index in [2.05, 4.69) is 15.0 Å². The van der Waals surface area contributed by atoms with Crippen molar-refractivity contribution >= 4 is 23.1 Å². The van der Waals surface area contributed by atoms with E-state index in [9.17, 15) is 4.79 Å². The van der Waals surface area contributed by atoms with Gasteiger partial charge in [0.25, 0.3) is 5.56 Å². The van der Waals surface area contributed by atoms with Crippen LogP contribution in [0.1, 0.15) is 11.4 Å². The molecule has 3 aromatic heterocycles. The number of pyridine rings is 2. The van der Waals surface area contributed by atoms with E-state index in [1.165, 1.54) is 4.57 Å². The summed E-state index contributed by atoms with van der Waals surface area (Å²) in [6.07, 6.45) is 8.81. The Hall–Kier alpha value is -3.60. The van der Waals surface area contributed by atoms with Crippen molar-refractivity contribution in [2.75, 3.05) is 0 Å². The maximum absolute atomic E-state index is 13.0. The van der Waals surface area contributed by atoms with Gasteiger partial charge in [0.1, 0.15) is 11.6 Å². The van der Waals surface area contributed by atoms with E-state index in [0.717, 1.165) is 5.56 Å². The number of para-hydroxylation sites is 1. The van der Waals surface area contributed by atoms with Gasteiger partial charge in [0.15, 0.2) is 0 Å². The molecule has 5 nitrogen and oxygen atoms in total. The maximum atomic E-state index is 13.0. The summed E-state index contributed by atoms with van der Waals surface area (Å²) in [4.78, 5) is 26.0. The van der Waals surface area contributed by atoms with Crippen molar-refractivity contribution in [2.45, 2.75) is 0 Å². The monoisotopic (exact) mass is 326 g/mol. The fourth-order valence-corrected chi connectivity index (χ4v) is 2.61. The van der Waals surface area contributed by atoms with Crippen molar-refractivity contribution in [2.24, 2.45) is 0 Å². The molecule has 120 valence electrons. The SMILES string of the molecule is O=c1c2ccccc2nc(C=Cc2cccnc2)n1-c1ccccn1. The molecule has 1 aromatic carbocycles. The van der Waals surface area contributed by atoms with Gasteiger partial charge in [-0.1, -0.05) is 24.3 Å². The van der Waals surface area contributed by atoms with Crippen molar-refractivity contribution in [1.29, 1.82) is 0 Å². The third-order valence-corrected chi connectivity index (χ3v) is 3.79. The molecule has 0 saturated carbocycles. The quantitative estimate of drug-likeness (QED) is 0.579. The predicted octanol–water partition coefficient (Wildman–Crippen LogP) is 3.35. The highest BCUT2D eigenvalue weighted by atomic mass is 16.1. The van der Waals surface area contributed by atoms with Gasteiger partial charge < -0.3 is 0 Å². The average Bonchev–Trinajstić information content (AvgIpc) is 2.68. The summed E-state index contributed by atoms with van der Waals surface area (Å²) in [5, 5.41) is 0.562. The van der Waals surface area contributed by atoms with Crippen LogP contribution in [-0.4, -0.2) is 19.5 Å². The van der Waals surface area contributed by atoms with Gasteiger partial charge >= 0.3 is 0 Å². The van der Waals surface area contributed by atoms with Crippen LogP contribution >= 0.6 is 0 Å². The average molecular weight is 326 g/mol. The van der Waals surface area contributed by atoms with Crippen molar-refractivity contribution < 1.29 is 0 Å². The minimum Gasteiger partial charge on any atom is -0.268 e. The zero-order valence-corrected chi connectivity index (χ0v) is 13.3. The zero-order chi connectivity index (χ0) is 17.1. The summed E-state index contributed by atoms with van der Waals surface area (Å²) in [6, 6.07) is 16.6. The normalized spacial score (nSPS) is 11.2. The number of rotatable bonds is 3. The van der Waals surface area contributed by atoms with Gasteiger partial charge in [0.05, 0.1) is 10.9 Å². The van der Waals surface area contributed by atoms with E-state index in [0.29, 0.717) is 22.5 Å². The van der Waals surface area contributed by atoms with Crippen molar-refractivity contribution in [3.8, 4) is 5.82 Å². The van der Waals surface area contributed by atoms with Crippen molar-refractivity contribution in [3.63, 3.8) is 0 Å². The Bertz CT molecular complexity index is 1100. The number of fused-ring (bicyclic) bond motifs is 1. The first-order chi connectivity index (χ1) is 12.3. The Balaban J connectivity index is 1.96. The van der Waals surface area contributed by atoms with Gasteiger partial charge in [0, 0.05) is 18.6 Å². The molecule has 0 spiro atoms. The summed E-state index contributed by atoms with van der Waals surface area (Å²) in [7, 11) is 0. The summed E-state index contributed by atoms with van der Waals surface area (Å²) < 4.78 is 1.52. The van der Waals surface area contributed by atoms with Gasteiger partial charge in [-0.05, 0) is 48.0 Å². The zero-order valence-electron chi connectivity index (χ0n) is 13.3. The van der Waals surface area contributed by atoms with E-state index < -0.39 is 0 Å². The van der Waals surface area contributed by atoms with Crippen molar-refractivity contribution in [1.82, 2.24) is 19.5 Å². The van der Waals surface area contributed by atoms with Gasteiger partial charge in [-0.25, -0.2) is 14.5 Å². The second-order valence-electron chi connectivity index (χ2n) is 5.44. The number of nitrogens with zero attached hydrogens (tertiary/aromatic N) is 4. The minimum absolute atomic E-state index is 0.143. The Kier molecular flexibility index (Phi) is 3.88. The molecule has 25 heavy (non-hydrogen) atoms. The van der Waals surface area contributed by atoms with Crippen LogP contribution in [0.25, 0.3) is 28.9 Å². The smallest absolute Gasteiger partial charge is 0.267 e. The molecular formula is C20H14N4O. The molecule has 0 fully saturated rings. The molecule has 0 unspecified atom stereocenters. The molecule has 0 amide bonds. The van der Waals surface area contributed by atoms with Crippen LogP contribution in [0, 0.1) is 0 Å². The van der Waals surface area contributed by atoms with Gasteiger partial charge in [0.2, 0.25) is 0 Å². The number of hydrogen-bond acceptors (Lipinski definition) is 4. The van der Waals surface area contributed by atoms with Gasteiger partial charge in [-0.2, -0.15) is 0 Å². The Morgan fingerprint density at radius 1 is 0.880 bits per heavy atom. The largest absolute Gasteiger partial charge is 0.268 e. The molecule has 0 saturated heterocycles. The van der Waals surface area contributed by atoms with E-state index in [4.69, 9.17) is 0 Å². The Morgan fingerprint density at radius 3 is 2.56 bits per heavy atom. The molecule has 0 aliphatic heterocycles. The van der Waals surface area contributed by atoms with E-state index >= 15 is 0 Å². The molecule has 0 aliphatic rings. The van der Waals surface area contributed by atoms with Crippen LogP contribution < -0.4 is 5.56 Å². The van der Waals surface area contributed by atoms with Crippen molar-refractivity contribution in [3.05, 3.63) is 94.9 Å². The fourth-order valence-electron chi connectivity index (χ4n) is 2.61. The lowest BCUT2D eigenvalue weighted by molar-refractivity contribution is 0.905. The van der Waals surface area contributed by atoms with E-state index in [1.807, 2.05) is 48.5 Å². The first kappa shape index (κ1) is 15.0. The highest BCUT2D eigenvalue weighted by Gasteiger charge is 2.11. The Labute approximate surface area is 144 Å². The molecular weight excluding hydrogens is 312 g/mol. The summed E-state index contributed by atoms with van der Waals surface area (Å²) in [5.41, 5.74) is 1.44. The number of aromatic nitrogens is 4. The predicted molar refractivity (Wildman–Crippen MR) is 98.3 cm³/mol. The van der Waals surface area contributed by atoms with E-state index in [1.54, 1.807) is 36.8 Å². The highest BCUT2D eigenvalue weighted by Crippen LogP contribution is 2.13. The fraction of sp³-hybridized carbons (Fsp3) is 0. The second-order valence-corrected chi connectivity index (χ2v) is 5.44. The summed E-state index contributed by atoms with van der Waals surface area (Å²) in [5.74, 6) is 1.06. The molecule has 4 rings (SSSR count). The van der Waals surface area contributed by atoms with Crippen LogP contribution in [0.2, 0.25) is 0 Å². The third kappa shape index (κ3) is 2.95. The van der Waals surface area contributed by atoms with Gasteiger partial charge in [-0.15, -0.1) is 0 Å². The lowest BCUT2D eigenvalue weighted by Crippen LogP contribution is -2.23. The van der Waals surface area contributed by atoms with Crippen LogP contribution in [0.15, 0.2) is 78.0 Å². The molecule has 4 aromatic rings. The molecule has 0 aliphatic carbocycles. The molecule has 0 bridgehead atoms. The van der Waals surface area contributed by atoms with Crippen LogP contribution in [-0.2, 0) is 0 Å². The summed E-state index contributed by atoms with van der Waals surface area (Å²) in [6.45, 7) is 0. The molecule has 0 N–H and O–H groups in total. The molecule has 0 radical (unpaired) electrons. The maximum Gasteiger partial charge on any atom is 0.267 e. The van der Waals surface area contributed by atoms with Crippen LogP contribution in [0.3, 0.4) is 0 Å². The molecule has 3 heterocycles. The first-order valence-corrected chi connectivity index (χ1v) is 7.84. The van der Waals surface area contributed by atoms with Gasteiger partial charge in [-0.3, -0.25) is 9.78 Å². The summed E-state index contributed by atoms with van der Waals surface area (Å²) >= 11 is 0. The third-order valence-electron chi connectivity index (χ3n) is 3.79. The minimum atomic E-state index is -0.143. The molecule has 0 atom stereocenters. The lowest BCUT2D eigenvalue weighted by Gasteiger charge is -2.10. The standard InChI is InChI=1S/C20H14N4O/c25-20-16-7-1-2-8-17(16)23-19(11-10-15-6-5-12-21-14-15)24(20)18-9-3-4-13-22-18/h1-14H. The van der Waals surface area contributed by atoms with Crippen LogP contribution in [0.5, 0.6) is 0 Å². The molecule has 5 heteroatoms. The van der Waals surface area contributed by atoms with E-state index in [-0.39, 0.29) is 5.56 Å². The van der Waals surface area contributed by atoms with Crippen LogP contribution in [0.4, 0.5) is 0 Å². The topological polar surface area (TPSA) is 60.7 Å². The first-order valence-electron chi connectivity index (χ1n) is 7.84. The number of benzene rings is 1. The highest BCUT2D eigenvalue weighted by molar-refractivity contribution is 5.79. The second kappa shape index (κ2) is 6.49. The Morgan fingerprint density at radius 2 is 1.76 bits per heavy atom.